The lowest BCUT2D eigenvalue weighted by atomic mass is 10.1. The molecule has 0 spiro atoms. The lowest BCUT2D eigenvalue weighted by molar-refractivity contribution is 0.0732. The van der Waals surface area contributed by atoms with Gasteiger partial charge in [-0.1, -0.05) is 17.3 Å². The van der Waals surface area contributed by atoms with E-state index in [9.17, 15) is 4.79 Å². The Morgan fingerprint density at radius 2 is 2.11 bits per heavy atom. The van der Waals surface area contributed by atoms with Gasteiger partial charge >= 0.3 is 0 Å². The van der Waals surface area contributed by atoms with Crippen molar-refractivity contribution in [3.63, 3.8) is 0 Å². The van der Waals surface area contributed by atoms with E-state index in [4.69, 9.17) is 16.0 Å². The number of amidine groups is 1. The van der Waals surface area contributed by atoms with Crippen LogP contribution < -0.4 is 5.73 Å². The minimum Gasteiger partial charge on any atom is -0.409 e. The highest BCUT2D eigenvalue weighted by Gasteiger charge is 2.14. The molecule has 0 bridgehead atoms. The Morgan fingerprint density at radius 3 is 2.67 bits per heavy atom. The monoisotopic (exact) mass is 251 g/mol. The van der Waals surface area contributed by atoms with Crippen molar-refractivity contribution in [2.75, 3.05) is 19.7 Å². The minimum absolute atomic E-state index is 0.0464. The average Bonchev–Trinajstić information content (AvgIpc) is 2.43. The van der Waals surface area contributed by atoms with E-state index in [2.05, 4.69) is 5.16 Å². The van der Waals surface area contributed by atoms with Crippen LogP contribution in [0.5, 0.6) is 0 Å². The molecule has 1 aromatic carbocycles. The fourth-order valence-electron chi connectivity index (χ4n) is 1.58. The summed E-state index contributed by atoms with van der Waals surface area (Å²) in [6.45, 7) is 2.54. The molecule has 0 atom stereocenters. The Kier molecular flexibility index (Phi) is 5.13. The van der Waals surface area contributed by atoms with E-state index in [1.54, 1.807) is 24.3 Å². The van der Waals surface area contributed by atoms with Crippen molar-refractivity contribution in [1.82, 2.24) is 4.90 Å². The molecule has 6 nitrogen and oxygen atoms in total. The van der Waals surface area contributed by atoms with Crippen molar-refractivity contribution in [2.45, 2.75) is 6.92 Å². The van der Waals surface area contributed by atoms with Gasteiger partial charge in [0.1, 0.15) is 0 Å². The minimum atomic E-state index is -0.195. The van der Waals surface area contributed by atoms with E-state index in [-0.39, 0.29) is 24.9 Å². The zero-order valence-corrected chi connectivity index (χ0v) is 10.2. The first-order valence-electron chi connectivity index (χ1n) is 5.62. The SMILES string of the molecule is CCN(CCO)C(=O)c1cccc(/C(N)=N/O)c1. The van der Waals surface area contributed by atoms with E-state index in [0.29, 0.717) is 17.7 Å². The van der Waals surface area contributed by atoms with Crippen molar-refractivity contribution in [2.24, 2.45) is 10.9 Å². The third kappa shape index (κ3) is 3.21. The van der Waals surface area contributed by atoms with E-state index in [0.717, 1.165) is 0 Å². The summed E-state index contributed by atoms with van der Waals surface area (Å²) in [5, 5.41) is 20.4. The number of aliphatic hydroxyl groups is 1. The molecular weight excluding hydrogens is 234 g/mol. The average molecular weight is 251 g/mol. The Balaban J connectivity index is 2.99. The second-order valence-corrected chi connectivity index (χ2v) is 3.67. The zero-order valence-electron chi connectivity index (χ0n) is 10.2. The fraction of sp³-hybridized carbons (Fsp3) is 0.333. The highest BCUT2D eigenvalue weighted by molar-refractivity contribution is 6.01. The number of nitrogens with two attached hydrogens (primary N) is 1. The second-order valence-electron chi connectivity index (χ2n) is 3.67. The maximum Gasteiger partial charge on any atom is 0.253 e. The van der Waals surface area contributed by atoms with Gasteiger partial charge in [-0.15, -0.1) is 0 Å². The summed E-state index contributed by atoms with van der Waals surface area (Å²) in [5.74, 6) is -0.242. The van der Waals surface area contributed by atoms with Crippen molar-refractivity contribution in [3.8, 4) is 0 Å². The van der Waals surface area contributed by atoms with Gasteiger partial charge in [0.15, 0.2) is 5.84 Å². The normalized spacial score (nSPS) is 11.3. The van der Waals surface area contributed by atoms with Crippen LogP contribution >= 0.6 is 0 Å². The molecule has 98 valence electrons. The molecule has 0 aliphatic heterocycles. The Morgan fingerprint density at radius 1 is 1.44 bits per heavy atom. The topological polar surface area (TPSA) is 99.2 Å². The highest BCUT2D eigenvalue weighted by Crippen LogP contribution is 2.08. The Labute approximate surface area is 105 Å². The van der Waals surface area contributed by atoms with Gasteiger partial charge in [0.05, 0.1) is 6.61 Å². The quantitative estimate of drug-likeness (QED) is 0.302. The van der Waals surface area contributed by atoms with Gasteiger partial charge in [0.2, 0.25) is 0 Å². The van der Waals surface area contributed by atoms with Gasteiger partial charge in [0.25, 0.3) is 5.91 Å². The summed E-state index contributed by atoms with van der Waals surface area (Å²) in [6.07, 6.45) is 0. The van der Waals surface area contributed by atoms with Crippen LogP contribution in [-0.2, 0) is 0 Å². The predicted octanol–water partition coefficient (Wildman–Crippen LogP) is 0.235. The number of rotatable bonds is 5. The van der Waals surface area contributed by atoms with Crippen LogP contribution in [0.4, 0.5) is 0 Å². The number of aliphatic hydroxyl groups excluding tert-OH is 1. The molecule has 0 saturated heterocycles. The van der Waals surface area contributed by atoms with Crippen molar-refractivity contribution in [1.29, 1.82) is 0 Å². The molecule has 0 aliphatic rings. The van der Waals surface area contributed by atoms with Gasteiger partial charge in [-0.25, -0.2) is 0 Å². The summed E-state index contributed by atoms with van der Waals surface area (Å²) < 4.78 is 0. The number of nitrogens with zero attached hydrogens (tertiary/aromatic N) is 2. The molecule has 1 amide bonds. The molecule has 1 aromatic rings. The maximum atomic E-state index is 12.1. The number of carbonyl (C=O) groups excluding carboxylic acids is 1. The molecule has 0 unspecified atom stereocenters. The lowest BCUT2D eigenvalue weighted by Crippen LogP contribution is -2.33. The largest absolute Gasteiger partial charge is 0.409 e. The first kappa shape index (κ1) is 14.0. The summed E-state index contributed by atoms with van der Waals surface area (Å²) in [5.41, 5.74) is 6.38. The molecule has 0 radical (unpaired) electrons. The lowest BCUT2D eigenvalue weighted by Gasteiger charge is -2.19. The van der Waals surface area contributed by atoms with E-state index < -0.39 is 0 Å². The van der Waals surface area contributed by atoms with Crippen molar-refractivity contribution < 1.29 is 15.1 Å². The molecule has 0 heterocycles. The molecule has 6 heteroatoms. The number of amides is 1. The molecule has 0 saturated carbocycles. The second kappa shape index (κ2) is 6.61. The van der Waals surface area contributed by atoms with Crippen LogP contribution in [0.1, 0.15) is 22.8 Å². The van der Waals surface area contributed by atoms with E-state index >= 15 is 0 Å². The Bertz CT molecular complexity index is 446. The fourth-order valence-corrected chi connectivity index (χ4v) is 1.58. The predicted molar refractivity (Wildman–Crippen MR) is 67.6 cm³/mol. The molecule has 0 fully saturated rings. The molecule has 4 N–H and O–H groups in total. The third-order valence-corrected chi connectivity index (χ3v) is 2.55. The van der Waals surface area contributed by atoms with Crippen LogP contribution in [0, 0.1) is 0 Å². The van der Waals surface area contributed by atoms with Gasteiger partial charge in [-0.2, -0.15) is 0 Å². The molecule has 1 rings (SSSR count). The summed E-state index contributed by atoms with van der Waals surface area (Å²) in [7, 11) is 0. The number of hydrogen-bond acceptors (Lipinski definition) is 4. The number of carbonyl (C=O) groups is 1. The van der Waals surface area contributed by atoms with Gasteiger partial charge in [0, 0.05) is 24.2 Å². The van der Waals surface area contributed by atoms with Gasteiger partial charge in [-0.05, 0) is 19.1 Å². The third-order valence-electron chi connectivity index (χ3n) is 2.55. The molecule has 0 aliphatic carbocycles. The summed E-state index contributed by atoms with van der Waals surface area (Å²) in [4.78, 5) is 13.6. The van der Waals surface area contributed by atoms with Gasteiger partial charge < -0.3 is 20.9 Å². The molecule has 18 heavy (non-hydrogen) atoms. The summed E-state index contributed by atoms with van der Waals surface area (Å²) >= 11 is 0. The highest BCUT2D eigenvalue weighted by atomic mass is 16.4. The van der Waals surface area contributed by atoms with Crippen LogP contribution in [0.15, 0.2) is 29.4 Å². The first-order valence-corrected chi connectivity index (χ1v) is 5.62. The number of oxime groups is 1. The summed E-state index contributed by atoms with van der Waals surface area (Å²) in [6, 6.07) is 6.51. The number of benzene rings is 1. The van der Waals surface area contributed by atoms with Crippen LogP contribution in [-0.4, -0.2) is 46.7 Å². The van der Waals surface area contributed by atoms with Crippen molar-refractivity contribution in [3.05, 3.63) is 35.4 Å². The molecule has 0 aromatic heterocycles. The van der Waals surface area contributed by atoms with Crippen LogP contribution in [0.2, 0.25) is 0 Å². The Hall–Kier alpha value is -2.08. The van der Waals surface area contributed by atoms with Gasteiger partial charge in [-0.3, -0.25) is 4.79 Å². The van der Waals surface area contributed by atoms with E-state index in [1.807, 2.05) is 6.92 Å². The smallest absolute Gasteiger partial charge is 0.253 e. The standard InChI is InChI=1S/C12H17N3O3/c1-2-15(6-7-16)12(17)10-5-3-4-9(8-10)11(13)14-18/h3-5,8,16,18H,2,6-7H2,1H3,(H2,13,14). The maximum absolute atomic E-state index is 12.1. The first-order chi connectivity index (χ1) is 8.63. The number of likely N-dealkylation sites (N-methyl/N-ethyl adjacent to an activating group) is 1. The zero-order chi connectivity index (χ0) is 13.5. The van der Waals surface area contributed by atoms with E-state index in [1.165, 1.54) is 4.90 Å². The van der Waals surface area contributed by atoms with Crippen molar-refractivity contribution >= 4 is 11.7 Å². The van der Waals surface area contributed by atoms with Crippen LogP contribution in [0.3, 0.4) is 0 Å². The molecular formula is C12H17N3O3. The van der Waals surface area contributed by atoms with Crippen LogP contribution in [0.25, 0.3) is 0 Å². The number of hydrogen-bond donors (Lipinski definition) is 3.